The Morgan fingerprint density at radius 3 is 0.981 bits per heavy atom. The second-order valence-corrected chi connectivity index (χ2v) is 16.8. The van der Waals surface area contributed by atoms with Crippen LogP contribution in [0.5, 0.6) is 0 Å². The summed E-state index contributed by atoms with van der Waals surface area (Å²) in [5.41, 5.74) is 12.6. The lowest BCUT2D eigenvalue weighted by molar-refractivity contribution is 0.389. The van der Waals surface area contributed by atoms with Crippen LogP contribution < -0.4 is 0 Å². The first kappa shape index (κ1) is 37.0. The molecular weight excluding hydrogens is 625 g/mol. The van der Waals surface area contributed by atoms with Crippen molar-refractivity contribution in [2.45, 2.75) is 167 Å². The summed E-state index contributed by atoms with van der Waals surface area (Å²) in [4.78, 5) is 0. The van der Waals surface area contributed by atoms with Crippen LogP contribution in [0.3, 0.4) is 0 Å². The summed E-state index contributed by atoms with van der Waals surface area (Å²) in [5.74, 6) is 0. The number of fused-ring (bicyclic) bond motifs is 4. The topological polar surface area (TPSA) is 0 Å². The van der Waals surface area contributed by atoms with Crippen LogP contribution >= 0.6 is 0 Å². The van der Waals surface area contributed by atoms with Crippen molar-refractivity contribution in [2.75, 3.05) is 0 Å². The molecule has 0 saturated heterocycles. The standard InChI is InChI=1S/C52H66/c1-5-9-13-17-33-51(34-18-14-10-6-2)45-31-23-27-39-25-21-29-41(49(39)45)43-38-48-44(37-47(43)51)42-30-22-26-40-28-24-32-46(50(40)42)52(48,35-19-15-11-7-3)36-20-16-12-8-4/h21-32,37-38H,5-20,33-36H2,1-4H3. The highest BCUT2D eigenvalue weighted by Gasteiger charge is 2.45. The minimum atomic E-state index is 0.0372. The first-order chi connectivity index (χ1) is 25.6. The van der Waals surface area contributed by atoms with Crippen LogP contribution in [0.15, 0.2) is 84.9 Å². The fraction of sp³-hybridized carbons (Fsp3) is 0.500. The quantitative estimate of drug-likeness (QED) is 0.0713. The van der Waals surface area contributed by atoms with E-state index in [1.807, 2.05) is 0 Å². The maximum Gasteiger partial charge on any atom is 0.0215 e. The van der Waals surface area contributed by atoms with Crippen molar-refractivity contribution in [3.8, 4) is 22.3 Å². The van der Waals surface area contributed by atoms with Gasteiger partial charge in [-0.15, -0.1) is 0 Å². The molecule has 7 rings (SSSR count). The molecule has 0 amide bonds. The van der Waals surface area contributed by atoms with E-state index in [9.17, 15) is 0 Å². The van der Waals surface area contributed by atoms with E-state index in [-0.39, 0.29) is 10.8 Å². The Morgan fingerprint density at radius 2 is 0.654 bits per heavy atom. The number of rotatable bonds is 20. The third-order valence-corrected chi connectivity index (χ3v) is 13.4. The van der Waals surface area contributed by atoms with Gasteiger partial charge in [-0.25, -0.2) is 0 Å². The number of benzene rings is 5. The van der Waals surface area contributed by atoms with Gasteiger partial charge in [-0.2, -0.15) is 0 Å². The monoisotopic (exact) mass is 691 g/mol. The van der Waals surface area contributed by atoms with Crippen molar-refractivity contribution in [3.05, 3.63) is 107 Å². The Bertz CT molecular complexity index is 1780. The molecule has 0 atom stereocenters. The van der Waals surface area contributed by atoms with Gasteiger partial charge < -0.3 is 0 Å². The summed E-state index contributed by atoms with van der Waals surface area (Å²) in [6.45, 7) is 9.42. The fourth-order valence-electron chi connectivity index (χ4n) is 10.8. The summed E-state index contributed by atoms with van der Waals surface area (Å²) in [7, 11) is 0. The zero-order chi connectivity index (χ0) is 36.0. The van der Waals surface area contributed by atoms with Gasteiger partial charge in [0.1, 0.15) is 0 Å². The van der Waals surface area contributed by atoms with E-state index >= 15 is 0 Å². The maximum absolute atomic E-state index is 2.80. The highest BCUT2D eigenvalue weighted by Crippen LogP contribution is 2.59. The van der Waals surface area contributed by atoms with E-state index in [1.165, 1.54) is 150 Å². The van der Waals surface area contributed by atoms with Crippen LogP contribution in [0.4, 0.5) is 0 Å². The van der Waals surface area contributed by atoms with Crippen molar-refractivity contribution in [1.29, 1.82) is 0 Å². The Hall–Kier alpha value is -3.38. The summed E-state index contributed by atoms with van der Waals surface area (Å²) in [5, 5.41) is 5.92. The van der Waals surface area contributed by atoms with Crippen LogP contribution in [-0.2, 0) is 10.8 Å². The average Bonchev–Trinajstić information content (AvgIpc) is 3.18. The molecule has 0 bridgehead atoms. The van der Waals surface area contributed by atoms with Gasteiger partial charge in [0, 0.05) is 10.8 Å². The summed E-state index contributed by atoms with van der Waals surface area (Å²) in [6.07, 6.45) is 26.0. The van der Waals surface area contributed by atoms with Gasteiger partial charge in [0.15, 0.2) is 0 Å². The fourth-order valence-corrected chi connectivity index (χ4v) is 10.8. The summed E-state index contributed by atoms with van der Waals surface area (Å²) >= 11 is 0. The maximum atomic E-state index is 2.80. The van der Waals surface area contributed by atoms with E-state index < -0.39 is 0 Å². The first-order valence-electron chi connectivity index (χ1n) is 21.9. The molecule has 0 aliphatic heterocycles. The molecule has 0 fully saturated rings. The third kappa shape index (κ3) is 6.67. The smallest absolute Gasteiger partial charge is 0.0215 e. The zero-order valence-corrected chi connectivity index (χ0v) is 33.2. The van der Waals surface area contributed by atoms with E-state index in [1.54, 1.807) is 44.2 Å². The van der Waals surface area contributed by atoms with Gasteiger partial charge in [-0.3, -0.25) is 0 Å². The lowest BCUT2D eigenvalue weighted by Crippen LogP contribution is -2.34. The Kier molecular flexibility index (Phi) is 11.9. The van der Waals surface area contributed by atoms with E-state index in [0.29, 0.717) is 0 Å². The largest absolute Gasteiger partial charge is 0.0654 e. The lowest BCUT2D eigenvalue weighted by Gasteiger charge is -2.46. The molecule has 2 aliphatic carbocycles. The van der Waals surface area contributed by atoms with Crippen LogP contribution in [0.2, 0.25) is 0 Å². The minimum absolute atomic E-state index is 0.0372. The highest BCUT2D eigenvalue weighted by atomic mass is 14.5. The predicted octanol–water partition coefficient (Wildman–Crippen LogP) is 16.4. The van der Waals surface area contributed by atoms with Crippen molar-refractivity contribution in [3.63, 3.8) is 0 Å². The van der Waals surface area contributed by atoms with Crippen molar-refractivity contribution in [2.24, 2.45) is 0 Å². The molecule has 274 valence electrons. The second kappa shape index (κ2) is 16.7. The lowest BCUT2D eigenvalue weighted by atomic mass is 9.57. The summed E-state index contributed by atoms with van der Waals surface area (Å²) < 4.78 is 0. The molecule has 2 aliphatic rings. The highest BCUT2D eigenvalue weighted by molar-refractivity contribution is 6.07. The average molecular weight is 691 g/mol. The molecule has 0 radical (unpaired) electrons. The van der Waals surface area contributed by atoms with Crippen LogP contribution in [0, 0.1) is 0 Å². The molecule has 0 heteroatoms. The number of hydrogen-bond acceptors (Lipinski definition) is 0. The molecule has 5 aromatic carbocycles. The molecule has 0 spiro atoms. The van der Waals surface area contributed by atoms with E-state index in [2.05, 4.69) is 113 Å². The molecule has 52 heavy (non-hydrogen) atoms. The van der Waals surface area contributed by atoms with Crippen molar-refractivity contribution in [1.82, 2.24) is 0 Å². The first-order valence-corrected chi connectivity index (χ1v) is 21.9. The van der Waals surface area contributed by atoms with Gasteiger partial charge in [0.05, 0.1) is 0 Å². The summed E-state index contributed by atoms with van der Waals surface area (Å²) in [6, 6.07) is 34.5. The Morgan fingerprint density at radius 1 is 0.327 bits per heavy atom. The zero-order valence-electron chi connectivity index (χ0n) is 33.2. The molecule has 0 unspecified atom stereocenters. The Balaban J connectivity index is 1.52. The van der Waals surface area contributed by atoms with Gasteiger partial charge in [-0.1, -0.05) is 203 Å². The van der Waals surface area contributed by atoms with Crippen LogP contribution in [0.25, 0.3) is 43.8 Å². The molecule has 0 N–H and O–H groups in total. The van der Waals surface area contributed by atoms with E-state index in [0.717, 1.165) is 0 Å². The van der Waals surface area contributed by atoms with Gasteiger partial charge in [0.2, 0.25) is 0 Å². The van der Waals surface area contributed by atoms with Crippen molar-refractivity contribution < 1.29 is 0 Å². The molecule has 0 heterocycles. The number of unbranched alkanes of at least 4 members (excludes halogenated alkanes) is 12. The minimum Gasteiger partial charge on any atom is -0.0654 e. The van der Waals surface area contributed by atoms with Gasteiger partial charge in [0.25, 0.3) is 0 Å². The van der Waals surface area contributed by atoms with Gasteiger partial charge in [-0.05, 0) is 104 Å². The third-order valence-electron chi connectivity index (χ3n) is 13.4. The molecule has 5 aromatic rings. The van der Waals surface area contributed by atoms with Crippen LogP contribution in [0.1, 0.15) is 178 Å². The van der Waals surface area contributed by atoms with Crippen LogP contribution in [-0.4, -0.2) is 0 Å². The van der Waals surface area contributed by atoms with E-state index in [4.69, 9.17) is 0 Å². The number of hydrogen-bond donors (Lipinski definition) is 0. The van der Waals surface area contributed by atoms with Gasteiger partial charge >= 0.3 is 0 Å². The molecule has 0 aromatic heterocycles. The SMILES string of the molecule is CCCCCCC1(CCCCCC)c2cc3c(cc2-c2cccc4cccc1c24)C(CCCCCC)(CCCCCC)c1cccc2cccc-3c12. The second-order valence-electron chi connectivity index (χ2n) is 16.8. The Labute approximate surface area is 316 Å². The molecule has 0 nitrogen and oxygen atoms in total. The normalized spacial score (nSPS) is 14.8. The van der Waals surface area contributed by atoms with Crippen molar-refractivity contribution >= 4 is 21.5 Å². The predicted molar refractivity (Wildman–Crippen MR) is 229 cm³/mol. The molecule has 0 saturated carbocycles. The molecular formula is C52H66.